The van der Waals surface area contributed by atoms with Gasteiger partial charge in [-0.15, -0.1) is 0 Å². The van der Waals surface area contributed by atoms with Crippen molar-refractivity contribution in [2.75, 3.05) is 22.4 Å². The number of para-hydroxylation sites is 1. The Morgan fingerprint density at radius 2 is 1.64 bits per heavy atom. The van der Waals surface area contributed by atoms with Crippen molar-refractivity contribution in [1.29, 1.82) is 0 Å². The summed E-state index contributed by atoms with van der Waals surface area (Å²) in [5, 5.41) is 4.98. The third-order valence-corrected chi connectivity index (χ3v) is 5.79. The van der Waals surface area contributed by atoms with Gasteiger partial charge in [0.2, 0.25) is 15.9 Å². The van der Waals surface area contributed by atoms with Crippen molar-refractivity contribution < 1.29 is 13.2 Å². The van der Waals surface area contributed by atoms with Crippen LogP contribution in [0.15, 0.2) is 66.7 Å². The molecule has 0 heterocycles. The van der Waals surface area contributed by atoms with E-state index in [-0.39, 0.29) is 18.9 Å². The van der Waals surface area contributed by atoms with Gasteiger partial charge in [-0.3, -0.25) is 9.10 Å². The van der Waals surface area contributed by atoms with Crippen molar-refractivity contribution in [3.05, 3.63) is 72.3 Å². The van der Waals surface area contributed by atoms with Crippen LogP contribution in [-0.2, 0) is 14.8 Å². The molecular formula is C22H24N2O3S. The molecule has 3 rings (SSSR count). The zero-order valence-electron chi connectivity index (χ0n) is 16.1. The van der Waals surface area contributed by atoms with E-state index in [2.05, 4.69) is 5.32 Å². The Morgan fingerprint density at radius 3 is 2.39 bits per heavy atom. The van der Waals surface area contributed by atoms with Gasteiger partial charge in [0.25, 0.3) is 0 Å². The van der Waals surface area contributed by atoms with Crippen LogP contribution in [0.5, 0.6) is 0 Å². The number of hydrogen-bond donors (Lipinski definition) is 1. The molecule has 0 spiro atoms. The Morgan fingerprint density at radius 1 is 0.964 bits per heavy atom. The highest BCUT2D eigenvalue weighted by Gasteiger charge is 2.19. The number of carbonyl (C=O) groups is 1. The first-order valence-corrected chi connectivity index (χ1v) is 11.0. The van der Waals surface area contributed by atoms with Gasteiger partial charge in [0.05, 0.1) is 11.9 Å². The molecule has 0 aliphatic carbocycles. The largest absolute Gasteiger partial charge is 0.326 e. The number of fused-ring (bicyclic) bond motifs is 1. The van der Waals surface area contributed by atoms with Crippen LogP contribution in [0.25, 0.3) is 10.8 Å². The fraction of sp³-hybridized carbons (Fsp3) is 0.227. The van der Waals surface area contributed by atoms with Gasteiger partial charge in [-0.2, -0.15) is 0 Å². The lowest BCUT2D eigenvalue weighted by atomic mass is 10.1. The van der Waals surface area contributed by atoms with E-state index in [0.29, 0.717) is 12.1 Å². The second kappa shape index (κ2) is 8.44. The fourth-order valence-corrected chi connectivity index (χ4v) is 4.26. The Balaban J connectivity index is 1.66. The summed E-state index contributed by atoms with van der Waals surface area (Å²) in [6.07, 6.45) is 1.86. The van der Waals surface area contributed by atoms with E-state index >= 15 is 0 Å². The number of nitrogens with zero attached hydrogens (tertiary/aromatic N) is 1. The van der Waals surface area contributed by atoms with Crippen LogP contribution in [0.1, 0.15) is 18.4 Å². The second-order valence-corrected chi connectivity index (χ2v) is 8.71. The van der Waals surface area contributed by atoms with Crippen LogP contribution in [0.2, 0.25) is 0 Å². The highest BCUT2D eigenvalue weighted by Crippen LogP contribution is 2.24. The summed E-state index contributed by atoms with van der Waals surface area (Å²) in [6.45, 7) is 2.13. The summed E-state index contributed by atoms with van der Waals surface area (Å²) >= 11 is 0. The lowest BCUT2D eigenvalue weighted by Crippen LogP contribution is -2.32. The van der Waals surface area contributed by atoms with Crippen molar-refractivity contribution in [2.45, 2.75) is 19.8 Å². The van der Waals surface area contributed by atoms with Crippen LogP contribution in [0, 0.1) is 6.92 Å². The third-order valence-electron chi connectivity index (χ3n) is 4.61. The lowest BCUT2D eigenvalue weighted by Gasteiger charge is -2.24. The molecule has 6 heteroatoms. The molecule has 5 nitrogen and oxygen atoms in total. The van der Waals surface area contributed by atoms with Crippen molar-refractivity contribution in [3.8, 4) is 0 Å². The minimum absolute atomic E-state index is 0.130. The van der Waals surface area contributed by atoms with Gasteiger partial charge in [0.15, 0.2) is 0 Å². The number of anilines is 2. The van der Waals surface area contributed by atoms with Gasteiger partial charge in [0, 0.05) is 24.0 Å². The first kappa shape index (κ1) is 19.9. The van der Waals surface area contributed by atoms with Crippen molar-refractivity contribution in [2.24, 2.45) is 0 Å². The Hall–Kier alpha value is -2.86. The summed E-state index contributed by atoms with van der Waals surface area (Å²) < 4.78 is 25.8. The predicted molar refractivity (Wildman–Crippen MR) is 115 cm³/mol. The summed E-state index contributed by atoms with van der Waals surface area (Å²) in [6, 6.07) is 21.0. The summed E-state index contributed by atoms with van der Waals surface area (Å²) in [5.74, 6) is -0.130. The lowest BCUT2D eigenvalue weighted by molar-refractivity contribution is -0.116. The van der Waals surface area contributed by atoms with Gasteiger partial charge < -0.3 is 5.32 Å². The molecule has 3 aromatic carbocycles. The van der Waals surface area contributed by atoms with Crippen molar-refractivity contribution in [3.63, 3.8) is 0 Å². The maximum absolute atomic E-state index is 12.4. The normalized spacial score (nSPS) is 11.4. The van der Waals surface area contributed by atoms with Crippen LogP contribution >= 0.6 is 0 Å². The molecule has 0 atom stereocenters. The number of rotatable bonds is 7. The first-order chi connectivity index (χ1) is 13.4. The summed E-state index contributed by atoms with van der Waals surface area (Å²) in [5.41, 5.74) is 2.30. The van der Waals surface area contributed by atoms with Crippen LogP contribution in [0.4, 0.5) is 11.4 Å². The van der Waals surface area contributed by atoms with Crippen LogP contribution in [-0.4, -0.2) is 27.1 Å². The van der Waals surface area contributed by atoms with E-state index in [1.165, 1.54) is 10.6 Å². The van der Waals surface area contributed by atoms with Crippen LogP contribution in [0.3, 0.4) is 0 Å². The first-order valence-electron chi connectivity index (χ1n) is 9.17. The van der Waals surface area contributed by atoms with E-state index in [0.717, 1.165) is 22.0 Å². The minimum Gasteiger partial charge on any atom is -0.326 e. The number of aryl methyl sites for hydroxylation is 1. The van der Waals surface area contributed by atoms with Crippen molar-refractivity contribution in [1.82, 2.24) is 0 Å². The average Bonchev–Trinajstić information content (AvgIpc) is 2.65. The molecular weight excluding hydrogens is 372 g/mol. The topological polar surface area (TPSA) is 66.5 Å². The molecule has 0 unspecified atom stereocenters. The fourth-order valence-electron chi connectivity index (χ4n) is 3.24. The standard InChI is InChI=1S/C22H24N2O3S/c1-17-9-3-6-14-21(17)24(28(2,26)27)16-8-15-22(25)23-20-13-7-11-18-10-4-5-12-19(18)20/h3-7,9-14H,8,15-16H2,1-2H3,(H,23,25). The molecule has 3 aromatic rings. The molecule has 146 valence electrons. The highest BCUT2D eigenvalue weighted by atomic mass is 32.2. The molecule has 0 saturated heterocycles. The van der Waals surface area contributed by atoms with Crippen LogP contribution < -0.4 is 9.62 Å². The number of nitrogens with one attached hydrogen (secondary N) is 1. The molecule has 0 saturated carbocycles. The summed E-state index contributed by atoms with van der Waals surface area (Å²) in [4.78, 5) is 12.4. The SMILES string of the molecule is Cc1ccccc1N(CCCC(=O)Nc1cccc2ccccc12)S(C)(=O)=O. The minimum atomic E-state index is -3.42. The maximum atomic E-state index is 12.4. The highest BCUT2D eigenvalue weighted by molar-refractivity contribution is 7.92. The number of amides is 1. The monoisotopic (exact) mass is 396 g/mol. The summed E-state index contributed by atoms with van der Waals surface area (Å²) in [7, 11) is -3.42. The van der Waals surface area contributed by atoms with Gasteiger partial charge in [-0.25, -0.2) is 8.42 Å². The molecule has 0 fully saturated rings. The molecule has 1 amide bonds. The average molecular weight is 397 g/mol. The van der Waals surface area contributed by atoms with E-state index in [1.54, 1.807) is 6.07 Å². The number of carbonyl (C=O) groups excluding carboxylic acids is 1. The van der Waals surface area contributed by atoms with Gasteiger partial charge >= 0.3 is 0 Å². The van der Waals surface area contributed by atoms with E-state index < -0.39 is 10.0 Å². The number of sulfonamides is 1. The molecule has 0 radical (unpaired) electrons. The molecule has 0 aliphatic rings. The van der Waals surface area contributed by atoms with E-state index in [1.807, 2.05) is 67.6 Å². The van der Waals surface area contributed by atoms with Gasteiger partial charge in [0.1, 0.15) is 0 Å². The smallest absolute Gasteiger partial charge is 0.232 e. The van der Waals surface area contributed by atoms with E-state index in [4.69, 9.17) is 0 Å². The third kappa shape index (κ3) is 4.70. The maximum Gasteiger partial charge on any atom is 0.232 e. The Labute approximate surface area is 166 Å². The van der Waals surface area contributed by atoms with E-state index in [9.17, 15) is 13.2 Å². The molecule has 0 bridgehead atoms. The zero-order chi connectivity index (χ0) is 20.1. The predicted octanol–water partition coefficient (Wildman–Crippen LogP) is 4.33. The van der Waals surface area contributed by atoms with Gasteiger partial charge in [-0.1, -0.05) is 54.6 Å². The quantitative estimate of drug-likeness (QED) is 0.646. The molecule has 0 aromatic heterocycles. The van der Waals surface area contributed by atoms with Crippen molar-refractivity contribution >= 4 is 38.1 Å². The van der Waals surface area contributed by atoms with Gasteiger partial charge in [-0.05, 0) is 36.4 Å². The second-order valence-electron chi connectivity index (χ2n) is 6.80. The molecule has 28 heavy (non-hydrogen) atoms. The number of hydrogen-bond acceptors (Lipinski definition) is 3. The molecule has 1 N–H and O–H groups in total. The Kier molecular flexibility index (Phi) is 5.99. The number of benzene rings is 3. The zero-order valence-corrected chi connectivity index (χ0v) is 16.9. The molecule has 0 aliphatic heterocycles. The Bertz CT molecular complexity index is 1090.